The van der Waals surface area contributed by atoms with Gasteiger partial charge in [0.2, 0.25) is 0 Å². The topological polar surface area (TPSA) is 46.6 Å². The van der Waals surface area contributed by atoms with E-state index in [1.54, 1.807) is 18.4 Å². The lowest BCUT2D eigenvalue weighted by Gasteiger charge is -2.25. The molecule has 1 fully saturated rings. The first-order chi connectivity index (χ1) is 9.38. The van der Waals surface area contributed by atoms with E-state index in [2.05, 4.69) is 20.6 Å². The molecule has 1 N–H and O–H groups in total. The van der Waals surface area contributed by atoms with Crippen LogP contribution < -0.4 is 5.32 Å². The van der Waals surface area contributed by atoms with E-state index in [9.17, 15) is 0 Å². The Morgan fingerprint density at radius 3 is 3.11 bits per heavy atom. The van der Waals surface area contributed by atoms with Crippen LogP contribution in [-0.4, -0.2) is 63.0 Å². The van der Waals surface area contributed by atoms with Crippen molar-refractivity contribution >= 4 is 11.3 Å². The standard InChI is InChI=1S/C13H23N3O2S/c1-17-7-3-14-10-12-11-19-13(15-12)2-4-16-5-8-18-9-6-16/h11,14H,2-10H2,1H3. The van der Waals surface area contributed by atoms with Gasteiger partial charge in [-0.05, 0) is 0 Å². The second kappa shape index (κ2) is 8.60. The highest BCUT2D eigenvalue weighted by Crippen LogP contribution is 2.11. The molecule has 108 valence electrons. The third-order valence-electron chi connectivity index (χ3n) is 3.13. The zero-order valence-electron chi connectivity index (χ0n) is 11.6. The maximum atomic E-state index is 5.35. The van der Waals surface area contributed by atoms with Crippen LogP contribution >= 0.6 is 11.3 Å². The molecule has 0 atom stereocenters. The van der Waals surface area contributed by atoms with Gasteiger partial charge < -0.3 is 14.8 Å². The maximum Gasteiger partial charge on any atom is 0.0941 e. The molecule has 1 aliphatic heterocycles. The van der Waals surface area contributed by atoms with Crippen LogP contribution in [0.1, 0.15) is 10.7 Å². The minimum Gasteiger partial charge on any atom is -0.383 e. The van der Waals surface area contributed by atoms with Crippen LogP contribution in [0.5, 0.6) is 0 Å². The lowest BCUT2D eigenvalue weighted by atomic mass is 10.3. The van der Waals surface area contributed by atoms with Crippen molar-refractivity contribution < 1.29 is 9.47 Å². The van der Waals surface area contributed by atoms with E-state index in [4.69, 9.17) is 9.47 Å². The van der Waals surface area contributed by atoms with Gasteiger partial charge in [0.15, 0.2) is 0 Å². The van der Waals surface area contributed by atoms with Gasteiger partial charge >= 0.3 is 0 Å². The second-order valence-electron chi connectivity index (χ2n) is 4.61. The highest BCUT2D eigenvalue weighted by molar-refractivity contribution is 7.09. The number of hydrogen-bond donors (Lipinski definition) is 1. The number of nitrogens with zero attached hydrogens (tertiary/aromatic N) is 2. The number of thiazole rings is 1. The highest BCUT2D eigenvalue weighted by Gasteiger charge is 2.11. The fourth-order valence-electron chi connectivity index (χ4n) is 2.01. The Hall–Kier alpha value is -0.530. The van der Waals surface area contributed by atoms with E-state index in [0.29, 0.717) is 0 Å². The van der Waals surface area contributed by atoms with Gasteiger partial charge in [0, 0.05) is 51.6 Å². The van der Waals surface area contributed by atoms with Crippen molar-refractivity contribution in [1.29, 1.82) is 0 Å². The molecule has 1 saturated heterocycles. The summed E-state index contributed by atoms with van der Waals surface area (Å²) in [6, 6.07) is 0. The van der Waals surface area contributed by atoms with Gasteiger partial charge in [0.05, 0.1) is 30.5 Å². The Bertz CT molecular complexity index is 353. The normalized spacial score (nSPS) is 16.9. The van der Waals surface area contributed by atoms with E-state index >= 15 is 0 Å². The van der Waals surface area contributed by atoms with Crippen molar-refractivity contribution in [3.63, 3.8) is 0 Å². The summed E-state index contributed by atoms with van der Waals surface area (Å²) in [6.45, 7) is 7.38. The fourth-order valence-corrected chi connectivity index (χ4v) is 2.80. The summed E-state index contributed by atoms with van der Waals surface area (Å²) in [5, 5.41) is 6.69. The molecule has 0 aliphatic carbocycles. The van der Waals surface area contributed by atoms with Crippen molar-refractivity contribution in [2.75, 3.05) is 53.1 Å². The molecule has 0 unspecified atom stereocenters. The molecule has 2 rings (SSSR count). The number of rotatable bonds is 8. The second-order valence-corrected chi connectivity index (χ2v) is 5.55. The number of methoxy groups -OCH3 is 1. The number of aromatic nitrogens is 1. The number of ether oxygens (including phenoxy) is 2. The highest BCUT2D eigenvalue weighted by atomic mass is 32.1. The SMILES string of the molecule is COCCNCc1csc(CCN2CCOCC2)n1. The molecule has 0 saturated carbocycles. The van der Waals surface area contributed by atoms with Crippen molar-refractivity contribution in [3.05, 3.63) is 16.1 Å². The third-order valence-corrected chi connectivity index (χ3v) is 4.09. The molecule has 1 aromatic rings. The Morgan fingerprint density at radius 2 is 2.32 bits per heavy atom. The zero-order valence-corrected chi connectivity index (χ0v) is 12.4. The monoisotopic (exact) mass is 285 g/mol. The molecule has 1 aliphatic rings. The molecule has 6 heteroatoms. The summed E-state index contributed by atoms with van der Waals surface area (Å²) in [5.41, 5.74) is 1.14. The number of hydrogen-bond acceptors (Lipinski definition) is 6. The van der Waals surface area contributed by atoms with Gasteiger partial charge in [-0.2, -0.15) is 0 Å². The van der Waals surface area contributed by atoms with Crippen LogP contribution in [0.15, 0.2) is 5.38 Å². The van der Waals surface area contributed by atoms with Crippen LogP contribution in [0.2, 0.25) is 0 Å². The largest absolute Gasteiger partial charge is 0.383 e. The number of morpholine rings is 1. The predicted molar refractivity (Wildman–Crippen MR) is 76.7 cm³/mol. The molecule has 19 heavy (non-hydrogen) atoms. The summed E-state index contributed by atoms with van der Waals surface area (Å²) in [5.74, 6) is 0. The van der Waals surface area contributed by atoms with Gasteiger partial charge in [-0.1, -0.05) is 0 Å². The van der Waals surface area contributed by atoms with Crippen molar-refractivity contribution in [3.8, 4) is 0 Å². The van der Waals surface area contributed by atoms with Crippen LogP contribution in [0.25, 0.3) is 0 Å². The quantitative estimate of drug-likeness (QED) is 0.714. The van der Waals surface area contributed by atoms with E-state index in [1.807, 2.05) is 0 Å². The first kappa shape index (κ1) is 14.9. The fraction of sp³-hybridized carbons (Fsp3) is 0.769. The Labute approximate surface area is 118 Å². The summed E-state index contributed by atoms with van der Waals surface area (Å²) >= 11 is 1.76. The molecule has 1 aromatic heterocycles. The predicted octanol–water partition coefficient (Wildman–Crippen LogP) is 0.754. The van der Waals surface area contributed by atoms with Crippen molar-refractivity contribution in [2.24, 2.45) is 0 Å². The van der Waals surface area contributed by atoms with E-state index in [-0.39, 0.29) is 0 Å². The molecule has 5 nitrogen and oxygen atoms in total. The van der Waals surface area contributed by atoms with Crippen molar-refractivity contribution in [2.45, 2.75) is 13.0 Å². The van der Waals surface area contributed by atoms with Gasteiger partial charge in [-0.25, -0.2) is 4.98 Å². The summed E-state index contributed by atoms with van der Waals surface area (Å²) < 4.78 is 10.3. The molecule has 0 radical (unpaired) electrons. The number of nitrogens with one attached hydrogen (secondary N) is 1. The van der Waals surface area contributed by atoms with Gasteiger partial charge in [-0.3, -0.25) is 4.90 Å². The average Bonchev–Trinajstić information content (AvgIpc) is 2.91. The van der Waals surface area contributed by atoms with Gasteiger partial charge in [0.1, 0.15) is 0 Å². The van der Waals surface area contributed by atoms with Crippen molar-refractivity contribution in [1.82, 2.24) is 15.2 Å². The van der Waals surface area contributed by atoms with Crippen LogP contribution in [0.4, 0.5) is 0 Å². The molecule has 2 heterocycles. The van der Waals surface area contributed by atoms with Crippen LogP contribution in [0, 0.1) is 0 Å². The first-order valence-electron chi connectivity index (χ1n) is 6.81. The molecule has 0 aromatic carbocycles. The van der Waals surface area contributed by atoms with Gasteiger partial charge in [-0.15, -0.1) is 11.3 Å². The first-order valence-corrected chi connectivity index (χ1v) is 7.69. The molecule has 0 spiro atoms. The Morgan fingerprint density at radius 1 is 1.47 bits per heavy atom. The zero-order chi connectivity index (χ0) is 13.3. The summed E-state index contributed by atoms with van der Waals surface area (Å²) in [4.78, 5) is 7.10. The smallest absolute Gasteiger partial charge is 0.0941 e. The Kier molecular flexibility index (Phi) is 6.73. The minimum absolute atomic E-state index is 0.744. The van der Waals surface area contributed by atoms with Crippen LogP contribution in [-0.2, 0) is 22.4 Å². The summed E-state index contributed by atoms with van der Waals surface area (Å²) in [6.07, 6.45) is 1.04. The lowest BCUT2D eigenvalue weighted by Crippen LogP contribution is -2.37. The molecular formula is C13H23N3O2S. The third kappa shape index (κ3) is 5.54. The molecule has 0 bridgehead atoms. The van der Waals surface area contributed by atoms with E-state index < -0.39 is 0 Å². The average molecular weight is 285 g/mol. The van der Waals surface area contributed by atoms with Crippen LogP contribution in [0.3, 0.4) is 0 Å². The van der Waals surface area contributed by atoms with E-state index in [0.717, 1.165) is 64.7 Å². The lowest BCUT2D eigenvalue weighted by molar-refractivity contribution is 0.0384. The summed E-state index contributed by atoms with van der Waals surface area (Å²) in [7, 11) is 1.72. The Balaban J connectivity index is 1.65. The molecular weight excluding hydrogens is 262 g/mol. The minimum atomic E-state index is 0.744. The molecule has 0 amide bonds. The van der Waals surface area contributed by atoms with Gasteiger partial charge in [0.25, 0.3) is 0 Å². The maximum absolute atomic E-state index is 5.35. The van der Waals surface area contributed by atoms with E-state index in [1.165, 1.54) is 5.01 Å².